The first-order valence-electron chi connectivity index (χ1n) is 9.05. The van der Waals surface area contributed by atoms with Crippen LogP contribution in [0.1, 0.15) is 30.4 Å². The molecule has 3 rings (SSSR count). The van der Waals surface area contributed by atoms with Crippen molar-refractivity contribution in [2.45, 2.75) is 25.3 Å². The number of carboxylic acids is 1. The summed E-state index contributed by atoms with van der Waals surface area (Å²) in [4.78, 5) is 34.2. The van der Waals surface area contributed by atoms with Gasteiger partial charge < -0.3 is 20.5 Å². The van der Waals surface area contributed by atoms with Crippen LogP contribution in [-0.4, -0.2) is 42.3 Å². The lowest BCUT2D eigenvalue weighted by Crippen LogP contribution is -2.39. The van der Waals surface area contributed by atoms with Gasteiger partial charge in [0.05, 0.1) is 0 Å². The van der Waals surface area contributed by atoms with Gasteiger partial charge in [-0.1, -0.05) is 48.5 Å². The molecule has 0 fully saturated rings. The third kappa shape index (κ3) is 4.49. The van der Waals surface area contributed by atoms with E-state index in [1.807, 2.05) is 36.4 Å². The first-order chi connectivity index (χ1) is 13.5. The van der Waals surface area contributed by atoms with E-state index in [0.29, 0.717) is 0 Å². The number of carbonyl (C=O) groups is 3. The molecule has 7 heteroatoms. The number of aliphatic carboxylic acids is 1. The summed E-state index contributed by atoms with van der Waals surface area (Å²) in [5.74, 6) is -1.60. The van der Waals surface area contributed by atoms with Crippen LogP contribution in [0.4, 0.5) is 4.79 Å². The van der Waals surface area contributed by atoms with Crippen LogP contribution in [-0.2, 0) is 14.3 Å². The van der Waals surface area contributed by atoms with Crippen molar-refractivity contribution in [3.05, 3.63) is 59.7 Å². The van der Waals surface area contributed by atoms with Gasteiger partial charge in [-0.25, -0.2) is 4.79 Å². The minimum absolute atomic E-state index is 0.0303. The Morgan fingerprint density at radius 1 is 1.04 bits per heavy atom. The van der Waals surface area contributed by atoms with E-state index < -0.39 is 30.6 Å². The number of benzene rings is 2. The molecule has 3 N–H and O–H groups in total. The van der Waals surface area contributed by atoms with Gasteiger partial charge in [-0.2, -0.15) is 0 Å². The van der Waals surface area contributed by atoms with E-state index in [9.17, 15) is 14.4 Å². The van der Waals surface area contributed by atoms with Crippen molar-refractivity contribution in [2.24, 2.45) is 0 Å². The van der Waals surface area contributed by atoms with Crippen molar-refractivity contribution in [3.8, 4) is 11.1 Å². The molecule has 0 saturated heterocycles. The van der Waals surface area contributed by atoms with E-state index in [4.69, 9.17) is 9.84 Å². The predicted octanol–water partition coefficient (Wildman–Crippen LogP) is 2.50. The van der Waals surface area contributed by atoms with Gasteiger partial charge in [-0.3, -0.25) is 9.59 Å². The van der Waals surface area contributed by atoms with Crippen LogP contribution in [0.15, 0.2) is 48.5 Å². The summed E-state index contributed by atoms with van der Waals surface area (Å²) in [6.45, 7) is 1.40. The van der Waals surface area contributed by atoms with Gasteiger partial charge in [0.25, 0.3) is 0 Å². The van der Waals surface area contributed by atoms with Crippen LogP contribution < -0.4 is 10.6 Å². The lowest BCUT2D eigenvalue weighted by Gasteiger charge is -2.17. The van der Waals surface area contributed by atoms with Crippen LogP contribution in [0.5, 0.6) is 0 Å². The zero-order valence-electron chi connectivity index (χ0n) is 15.5. The van der Waals surface area contributed by atoms with Crippen molar-refractivity contribution in [2.75, 3.05) is 13.2 Å². The minimum atomic E-state index is -1.12. The number of rotatable bonds is 7. The molecular formula is C21H22N2O5. The summed E-state index contributed by atoms with van der Waals surface area (Å²) < 4.78 is 5.41. The fourth-order valence-corrected chi connectivity index (χ4v) is 3.42. The number of amides is 2. The van der Waals surface area contributed by atoms with Crippen LogP contribution in [0, 0.1) is 0 Å². The summed E-state index contributed by atoms with van der Waals surface area (Å²) in [5, 5.41) is 13.4. The van der Waals surface area contributed by atoms with E-state index in [-0.39, 0.29) is 18.9 Å². The number of fused-ring (bicyclic) bond motifs is 3. The maximum absolute atomic E-state index is 12.1. The molecule has 1 aliphatic carbocycles. The van der Waals surface area contributed by atoms with E-state index in [1.54, 1.807) is 6.92 Å². The summed E-state index contributed by atoms with van der Waals surface area (Å²) >= 11 is 0. The summed E-state index contributed by atoms with van der Waals surface area (Å²) in [7, 11) is 0. The van der Waals surface area contributed by atoms with Crippen molar-refractivity contribution < 1.29 is 24.2 Å². The van der Waals surface area contributed by atoms with Crippen LogP contribution in [0.2, 0.25) is 0 Å². The van der Waals surface area contributed by atoms with E-state index in [0.717, 1.165) is 22.3 Å². The van der Waals surface area contributed by atoms with E-state index >= 15 is 0 Å². The number of alkyl carbamates (subject to hydrolysis) is 1. The predicted molar refractivity (Wildman–Crippen MR) is 103 cm³/mol. The van der Waals surface area contributed by atoms with Gasteiger partial charge in [0, 0.05) is 18.4 Å². The standard InChI is InChI=1S/C21H22N2O5/c1-13(10-19(24)22-11-20(25)26)23-21(27)28-12-18-16-8-4-2-6-14(16)15-7-3-5-9-17(15)18/h2-9,13,18H,10-12H2,1H3,(H,22,24)(H,23,27)(H,25,26). The Balaban J connectivity index is 1.55. The van der Waals surface area contributed by atoms with Gasteiger partial charge in [-0.05, 0) is 29.2 Å². The average Bonchev–Trinajstić information content (AvgIpc) is 2.98. The summed E-state index contributed by atoms with van der Waals surface area (Å²) in [6, 6.07) is 15.6. The Bertz CT molecular complexity index is 850. The van der Waals surface area contributed by atoms with Crippen molar-refractivity contribution in [3.63, 3.8) is 0 Å². The van der Waals surface area contributed by atoms with Gasteiger partial charge in [0.1, 0.15) is 13.2 Å². The molecular weight excluding hydrogens is 360 g/mol. The first-order valence-corrected chi connectivity index (χ1v) is 9.05. The molecule has 2 aromatic carbocycles. The molecule has 2 amide bonds. The van der Waals surface area contributed by atoms with Gasteiger partial charge in [-0.15, -0.1) is 0 Å². The van der Waals surface area contributed by atoms with Gasteiger partial charge in [0.15, 0.2) is 0 Å². The molecule has 0 heterocycles. The number of hydrogen-bond donors (Lipinski definition) is 3. The molecule has 0 aromatic heterocycles. The average molecular weight is 382 g/mol. The molecule has 0 bridgehead atoms. The maximum atomic E-state index is 12.1. The fraction of sp³-hybridized carbons (Fsp3) is 0.286. The number of ether oxygens (including phenoxy) is 1. The van der Waals surface area contributed by atoms with Crippen molar-refractivity contribution >= 4 is 18.0 Å². The Morgan fingerprint density at radius 2 is 1.61 bits per heavy atom. The molecule has 28 heavy (non-hydrogen) atoms. The molecule has 0 radical (unpaired) electrons. The molecule has 0 aliphatic heterocycles. The Hall–Kier alpha value is -3.35. The minimum Gasteiger partial charge on any atom is -0.480 e. The SMILES string of the molecule is CC(CC(=O)NCC(=O)O)NC(=O)OCC1c2ccccc2-c2ccccc21. The summed E-state index contributed by atoms with van der Waals surface area (Å²) in [6.07, 6.45) is -0.641. The molecule has 146 valence electrons. The molecule has 1 atom stereocenters. The quantitative estimate of drug-likeness (QED) is 0.682. The third-order valence-corrected chi connectivity index (χ3v) is 4.64. The highest BCUT2D eigenvalue weighted by Gasteiger charge is 2.29. The Morgan fingerprint density at radius 3 is 2.18 bits per heavy atom. The highest BCUT2D eigenvalue weighted by atomic mass is 16.5. The highest BCUT2D eigenvalue weighted by molar-refractivity contribution is 5.82. The number of carboxylic acid groups (broad SMARTS) is 1. The van der Waals surface area contributed by atoms with Crippen molar-refractivity contribution in [1.82, 2.24) is 10.6 Å². The largest absolute Gasteiger partial charge is 0.480 e. The second-order valence-electron chi connectivity index (χ2n) is 6.75. The molecule has 1 unspecified atom stereocenters. The topological polar surface area (TPSA) is 105 Å². The monoisotopic (exact) mass is 382 g/mol. The number of nitrogens with one attached hydrogen (secondary N) is 2. The van der Waals surface area contributed by atoms with E-state index in [2.05, 4.69) is 22.8 Å². The Kier molecular flexibility index (Phi) is 5.93. The molecule has 7 nitrogen and oxygen atoms in total. The van der Waals surface area contributed by atoms with Crippen molar-refractivity contribution in [1.29, 1.82) is 0 Å². The summed E-state index contributed by atoms with van der Waals surface area (Å²) in [5.41, 5.74) is 4.54. The highest BCUT2D eigenvalue weighted by Crippen LogP contribution is 2.44. The molecule has 1 aliphatic rings. The fourth-order valence-electron chi connectivity index (χ4n) is 3.42. The molecule has 0 spiro atoms. The first kappa shape index (κ1) is 19.4. The smallest absolute Gasteiger partial charge is 0.407 e. The second-order valence-corrected chi connectivity index (χ2v) is 6.75. The zero-order valence-corrected chi connectivity index (χ0v) is 15.5. The van der Waals surface area contributed by atoms with Gasteiger partial charge in [0.2, 0.25) is 5.91 Å². The Labute approximate surface area is 162 Å². The zero-order chi connectivity index (χ0) is 20.1. The van der Waals surface area contributed by atoms with Crippen LogP contribution >= 0.6 is 0 Å². The van der Waals surface area contributed by atoms with Crippen LogP contribution in [0.3, 0.4) is 0 Å². The molecule has 2 aromatic rings. The lowest BCUT2D eigenvalue weighted by atomic mass is 9.98. The number of carbonyl (C=O) groups excluding carboxylic acids is 2. The molecule has 0 saturated carbocycles. The van der Waals surface area contributed by atoms with Crippen LogP contribution in [0.25, 0.3) is 11.1 Å². The third-order valence-electron chi connectivity index (χ3n) is 4.64. The van der Waals surface area contributed by atoms with E-state index in [1.165, 1.54) is 0 Å². The second kappa shape index (κ2) is 8.56. The lowest BCUT2D eigenvalue weighted by molar-refractivity contribution is -0.138. The maximum Gasteiger partial charge on any atom is 0.407 e. The van der Waals surface area contributed by atoms with Gasteiger partial charge >= 0.3 is 12.1 Å². The normalized spacial score (nSPS) is 13.2. The number of hydrogen-bond acceptors (Lipinski definition) is 4.